The standard InChI is InChI=1S/C18H19N3/c1-14(15-7-3-2-4-8-15)20-11-12-21-17-10-6-5-9-16(17)19-18(21)13-20/h2-10,14H,11-13H2,1H3. The van der Waals surface area contributed by atoms with E-state index in [0.29, 0.717) is 6.04 Å². The maximum atomic E-state index is 4.80. The van der Waals surface area contributed by atoms with Gasteiger partial charge in [-0.1, -0.05) is 42.5 Å². The minimum atomic E-state index is 0.430. The van der Waals surface area contributed by atoms with Crippen LogP contribution in [0.4, 0.5) is 0 Å². The van der Waals surface area contributed by atoms with E-state index >= 15 is 0 Å². The first kappa shape index (κ1) is 12.6. The second-order valence-electron chi connectivity index (χ2n) is 5.73. The lowest BCUT2D eigenvalue weighted by Crippen LogP contribution is -2.35. The second-order valence-corrected chi connectivity index (χ2v) is 5.73. The van der Waals surface area contributed by atoms with Gasteiger partial charge in [0.25, 0.3) is 0 Å². The molecule has 0 bridgehead atoms. The third-order valence-corrected chi connectivity index (χ3v) is 4.52. The average Bonchev–Trinajstić information content (AvgIpc) is 2.92. The molecule has 2 heterocycles. The molecule has 1 atom stereocenters. The van der Waals surface area contributed by atoms with Gasteiger partial charge < -0.3 is 4.57 Å². The Morgan fingerprint density at radius 1 is 0.952 bits per heavy atom. The van der Waals surface area contributed by atoms with Crippen LogP contribution in [0.1, 0.15) is 24.4 Å². The molecular formula is C18H19N3. The topological polar surface area (TPSA) is 21.1 Å². The van der Waals surface area contributed by atoms with Crippen molar-refractivity contribution < 1.29 is 0 Å². The van der Waals surface area contributed by atoms with Gasteiger partial charge in [-0.2, -0.15) is 0 Å². The number of rotatable bonds is 2. The number of benzene rings is 2. The van der Waals surface area contributed by atoms with Gasteiger partial charge in [0.1, 0.15) is 5.82 Å². The molecule has 0 saturated carbocycles. The molecule has 4 rings (SSSR count). The van der Waals surface area contributed by atoms with Gasteiger partial charge in [0.05, 0.1) is 17.6 Å². The fraction of sp³-hybridized carbons (Fsp3) is 0.278. The predicted molar refractivity (Wildman–Crippen MR) is 85.0 cm³/mol. The second kappa shape index (κ2) is 5.01. The number of nitrogens with zero attached hydrogens (tertiary/aromatic N) is 3. The van der Waals surface area contributed by atoms with Crippen molar-refractivity contribution >= 4 is 11.0 Å². The normalized spacial score (nSPS) is 16.8. The Morgan fingerprint density at radius 2 is 1.71 bits per heavy atom. The lowest BCUT2D eigenvalue weighted by Gasteiger charge is -2.33. The third-order valence-electron chi connectivity index (χ3n) is 4.52. The van der Waals surface area contributed by atoms with Crippen molar-refractivity contribution in [1.82, 2.24) is 14.5 Å². The fourth-order valence-electron chi connectivity index (χ4n) is 3.26. The molecule has 0 fully saturated rings. The van der Waals surface area contributed by atoms with Gasteiger partial charge in [0, 0.05) is 19.1 Å². The summed E-state index contributed by atoms with van der Waals surface area (Å²) in [6.45, 7) is 5.30. The summed E-state index contributed by atoms with van der Waals surface area (Å²) in [5.74, 6) is 1.19. The summed E-state index contributed by atoms with van der Waals surface area (Å²) < 4.78 is 2.36. The highest BCUT2D eigenvalue weighted by molar-refractivity contribution is 5.75. The summed E-state index contributed by atoms with van der Waals surface area (Å²) in [6, 6.07) is 19.6. The number of hydrogen-bond acceptors (Lipinski definition) is 2. The molecule has 1 aliphatic heterocycles. The van der Waals surface area contributed by atoms with Crippen LogP contribution < -0.4 is 0 Å². The summed E-state index contributed by atoms with van der Waals surface area (Å²) in [5.41, 5.74) is 3.75. The van der Waals surface area contributed by atoms with E-state index in [-0.39, 0.29) is 0 Å². The first-order valence-corrected chi connectivity index (χ1v) is 7.56. The molecule has 1 unspecified atom stereocenters. The number of imidazole rings is 1. The van der Waals surface area contributed by atoms with Crippen LogP contribution in [0.2, 0.25) is 0 Å². The van der Waals surface area contributed by atoms with Crippen LogP contribution in [0.25, 0.3) is 11.0 Å². The first-order chi connectivity index (χ1) is 10.3. The quantitative estimate of drug-likeness (QED) is 0.713. The first-order valence-electron chi connectivity index (χ1n) is 7.56. The van der Waals surface area contributed by atoms with Gasteiger partial charge in [-0.15, -0.1) is 0 Å². The lowest BCUT2D eigenvalue weighted by atomic mass is 10.1. The number of aromatic nitrogens is 2. The Labute approximate surface area is 124 Å². The van der Waals surface area contributed by atoms with Crippen molar-refractivity contribution in [2.45, 2.75) is 26.1 Å². The summed E-state index contributed by atoms with van der Waals surface area (Å²) in [5, 5.41) is 0. The monoisotopic (exact) mass is 277 g/mol. The van der Waals surface area contributed by atoms with E-state index in [1.54, 1.807) is 0 Å². The van der Waals surface area contributed by atoms with Crippen LogP contribution in [0.15, 0.2) is 54.6 Å². The highest BCUT2D eigenvalue weighted by atomic mass is 15.3. The van der Waals surface area contributed by atoms with E-state index in [4.69, 9.17) is 4.98 Å². The van der Waals surface area contributed by atoms with Crippen LogP contribution in [-0.2, 0) is 13.1 Å². The van der Waals surface area contributed by atoms with Crippen LogP contribution >= 0.6 is 0 Å². The summed E-state index contributed by atoms with van der Waals surface area (Å²) >= 11 is 0. The molecular weight excluding hydrogens is 258 g/mol. The van der Waals surface area contributed by atoms with E-state index in [0.717, 1.165) is 25.2 Å². The Kier molecular flexibility index (Phi) is 3.00. The molecule has 1 aromatic heterocycles. The van der Waals surface area contributed by atoms with Gasteiger partial charge in [0.2, 0.25) is 0 Å². The Morgan fingerprint density at radius 3 is 2.57 bits per heavy atom. The highest BCUT2D eigenvalue weighted by Gasteiger charge is 2.23. The molecule has 0 N–H and O–H groups in total. The van der Waals surface area contributed by atoms with Gasteiger partial charge in [0.15, 0.2) is 0 Å². The van der Waals surface area contributed by atoms with Crippen molar-refractivity contribution in [3.8, 4) is 0 Å². The average molecular weight is 277 g/mol. The van der Waals surface area contributed by atoms with E-state index in [2.05, 4.69) is 71.0 Å². The van der Waals surface area contributed by atoms with Gasteiger partial charge in [-0.05, 0) is 24.6 Å². The largest absolute Gasteiger partial charge is 0.326 e. The van der Waals surface area contributed by atoms with Crippen LogP contribution in [0.5, 0.6) is 0 Å². The summed E-state index contributed by atoms with van der Waals surface area (Å²) in [7, 11) is 0. The zero-order valence-electron chi connectivity index (χ0n) is 12.2. The molecule has 3 nitrogen and oxygen atoms in total. The van der Waals surface area contributed by atoms with E-state index in [1.165, 1.54) is 16.9 Å². The van der Waals surface area contributed by atoms with Crippen molar-refractivity contribution in [1.29, 1.82) is 0 Å². The Hall–Kier alpha value is -2.13. The smallest absolute Gasteiger partial charge is 0.124 e. The van der Waals surface area contributed by atoms with Crippen LogP contribution in [0, 0.1) is 0 Å². The molecule has 1 aliphatic rings. The predicted octanol–water partition coefficient (Wildman–Crippen LogP) is 3.61. The van der Waals surface area contributed by atoms with Gasteiger partial charge in [-0.25, -0.2) is 4.98 Å². The Balaban J connectivity index is 1.65. The molecule has 3 aromatic rings. The summed E-state index contributed by atoms with van der Waals surface area (Å²) in [6.07, 6.45) is 0. The minimum absolute atomic E-state index is 0.430. The van der Waals surface area contributed by atoms with Gasteiger partial charge >= 0.3 is 0 Å². The molecule has 0 saturated heterocycles. The molecule has 21 heavy (non-hydrogen) atoms. The van der Waals surface area contributed by atoms with E-state index in [1.807, 2.05) is 0 Å². The molecule has 3 heteroatoms. The third kappa shape index (κ3) is 2.14. The van der Waals surface area contributed by atoms with Crippen molar-refractivity contribution in [2.75, 3.05) is 6.54 Å². The number of para-hydroxylation sites is 2. The maximum absolute atomic E-state index is 4.80. The van der Waals surface area contributed by atoms with Gasteiger partial charge in [-0.3, -0.25) is 4.90 Å². The lowest BCUT2D eigenvalue weighted by molar-refractivity contribution is 0.165. The maximum Gasteiger partial charge on any atom is 0.124 e. The number of fused-ring (bicyclic) bond motifs is 3. The highest BCUT2D eigenvalue weighted by Crippen LogP contribution is 2.27. The SMILES string of the molecule is CC(c1ccccc1)N1CCn2c(nc3ccccc32)C1. The molecule has 0 aliphatic carbocycles. The summed E-state index contributed by atoms with van der Waals surface area (Å²) in [4.78, 5) is 7.31. The Bertz CT molecular complexity index is 760. The molecule has 0 radical (unpaired) electrons. The molecule has 0 amide bonds. The van der Waals surface area contributed by atoms with Crippen molar-refractivity contribution in [3.63, 3.8) is 0 Å². The minimum Gasteiger partial charge on any atom is -0.326 e. The zero-order chi connectivity index (χ0) is 14.2. The molecule has 106 valence electrons. The fourth-order valence-corrected chi connectivity index (χ4v) is 3.26. The van der Waals surface area contributed by atoms with Crippen LogP contribution in [-0.4, -0.2) is 21.0 Å². The van der Waals surface area contributed by atoms with E-state index < -0.39 is 0 Å². The number of hydrogen-bond donors (Lipinski definition) is 0. The van der Waals surface area contributed by atoms with Crippen molar-refractivity contribution in [3.05, 3.63) is 66.0 Å². The molecule has 2 aromatic carbocycles. The van der Waals surface area contributed by atoms with Crippen molar-refractivity contribution in [2.24, 2.45) is 0 Å². The van der Waals surface area contributed by atoms with E-state index in [9.17, 15) is 0 Å². The zero-order valence-corrected chi connectivity index (χ0v) is 12.2. The molecule has 0 spiro atoms. The van der Waals surface area contributed by atoms with Crippen LogP contribution in [0.3, 0.4) is 0 Å².